The van der Waals surface area contributed by atoms with Gasteiger partial charge in [0.15, 0.2) is 0 Å². The Balaban J connectivity index is 1.26. The molecule has 3 saturated heterocycles. The Labute approximate surface area is 158 Å². The first-order valence-corrected chi connectivity index (χ1v) is 10.1. The Morgan fingerprint density at radius 3 is 2.81 bits per heavy atom. The summed E-state index contributed by atoms with van der Waals surface area (Å²) in [5.74, 6) is 1.07. The van der Waals surface area contributed by atoms with Crippen LogP contribution in [-0.4, -0.2) is 62.3 Å². The summed E-state index contributed by atoms with van der Waals surface area (Å²) in [5.41, 5.74) is 1.80. The monoisotopic (exact) mass is 367 g/mol. The van der Waals surface area contributed by atoms with Crippen molar-refractivity contribution in [2.45, 2.75) is 44.7 Å². The summed E-state index contributed by atoms with van der Waals surface area (Å²) in [7, 11) is 0. The molecule has 4 fully saturated rings. The fourth-order valence-corrected chi connectivity index (χ4v) is 4.50. The molecule has 2 atom stereocenters. The standard InChI is InChI=1S/C20H25N5O2/c26-19(9-10-25-18-4-2-1-3-17(18)21-22-25)23-12-15-7-8-16(13-23)24(20(15)27)11-14-5-6-14/h1-4,14-16H,5-13H2/t15-,16+/m0/s1. The minimum absolute atomic E-state index is 0.0151. The Morgan fingerprint density at radius 1 is 1.11 bits per heavy atom. The molecule has 1 aromatic heterocycles. The largest absolute Gasteiger partial charge is 0.340 e. The summed E-state index contributed by atoms with van der Waals surface area (Å²) >= 11 is 0. The van der Waals surface area contributed by atoms with E-state index in [9.17, 15) is 9.59 Å². The van der Waals surface area contributed by atoms with Crippen molar-refractivity contribution in [2.24, 2.45) is 11.8 Å². The second-order valence-corrected chi connectivity index (χ2v) is 8.21. The maximum absolute atomic E-state index is 12.9. The highest BCUT2D eigenvalue weighted by Gasteiger charge is 2.43. The number of benzene rings is 1. The van der Waals surface area contributed by atoms with Gasteiger partial charge >= 0.3 is 0 Å². The molecule has 27 heavy (non-hydrogen) atoms. The van der Waals surface area contributed by atoms with Gasteiger partial charge in [-0.15, -0.1) is 5.10 Å². The highest BCUT2D eigenvalue weighted by atomic mass is 16.2. The average Bonchev–Trinajstić information content (AvgIpc) is 3.46. The third kappa shape index (κ3) is 3.19. The number of amides is 2. The van der Waals surface area contributed by atoms with Crippen LogP contribution in [0.3, 0.4) is 0 Å². The number of hydrogen-bond acceptors (Lipinski definition) is 4. The van der Waals surface area contributed by atoms with Gasteiger partial charge in [-0.1, -0.05) is 17.3 Å². The molecule has 6 rings (SSSR count). The van der Waals surface area contributed by atoms with E-state index in [4.69, 9.17) is 0 Å². The molecule has 0 unspecified atom stereocenters. The van der Waals surface area contributed by atoms with E-state index in [1.807, 2.05) is 29.2 Å². The lowest BCUT2D eigenvalue weighted by Crippen LogP contribution is -2.48. The van der Waals surface area contributed by atoms with Gasteiger partial charge in [0.1, 0.15) is 5.52 Å². The van der Waals surface area contributed by atoms with Crippen LogP contribution in [0.2, 0.25) is 0 Å². The third-order valence-corrected chi connectivity index (χ3v) is 6.26. The highest BCUT2D eigenvalue weighted by Crippen LogP contribution is 2.35. The molecule has 0 radical (unpaired) electrons. The molecule has 1 aromatic carbocycles. The van der Waals surface area contributed by atoms with E-state index in [0.717, 1.165) is 30.4 Å². The second kappa shape index (κ2) is 6.62. The third-order valence-electron chi connectivity index (χ3n) is 6.26. The van der Waals surface area contributed by atoms with E-state index in [-0.39, 0.29) is 23.8 Å². The molecule has 2 bridgehead atoms. The number of fused-ring (bicyclic) bond motifs is 5. The number of para-hydroxylation sites is 1. The minimum atomic E-state index is -0.0151. The summed E-state index contributed by atoms with van der Waals surface area (Å²) < 4.78 is 1.80. The molecule has 1 saturated carbocycles. The smallest absolute Gasteiger partial charge is 0.227 e. The molecule has 7 nitrogen and oxygen atoms in total. The van der Waals surface area contributed by atoms with Crippen molar-refractivity contribution in [2.75, 3.05) is 19.6 Å². The number of nitrogens with zero attached hydrogens (tertiary/aromatic N) is 5. The van der Waals surface area contributed by atoms with Gasteiger partial charge in [-0.05, 0) is 43.7 Å². The molecular formula is C20H25N5O2. The topological polar surface area (TPSA) is 71.3 Å². The molecular weight excluding hydrogens is 342 g/mol. The van der Waals surface area contributed by atoms with Crippen LogP contribution < -0.4 is 0 Å². The van der Waals surface area contributed by atoms with Crippen LogP contribution in [-0.2, 0) is 16.1 Å². The van der Waals surface area contributed by atoms with Gasteiger partial charge in [-0.25, -0.2) is 4.68 Å². The van der Waals surface area contributed by atoms with Crippen molar-refractivity contribution in [1.82, 2.24) is 24.8 Å². The summed E-state index contributed by atoms with van der Waals surface area (Å²) in [5, 5.41) is 8.32. The van der Waals surface area contributed by atoms with E-state index >= 15 is 0 Å². The number of carbonyl (C=O) groups is 2. The fourth-order valence-electron chi connectivity index (χ4n) is 4.50. The molecule has 1 aliphatic carbocycles. The van der Waals surface area contributed by atoms with Crippen molar-refractivity contribution in [1.29, 1.82) is 0 Å². The molecule has 142 valence electrons. The lowest BCUT2D eigenvalue weighted by atomic mass is 9.94. The van der Waals surface area contributed by atoms with Crippen molar-refractivity contribution >= 4 is 22.8 Å². The SMILES string of the molecule is O=C(CCn1nnc2ccccc21)N1C[C@@H]2CC[C@H](C1)N(CC1CC1)C2=O. The van der Waals surface area contributed by atoms with Crippen molar-refractivity contribution in [3.05, 3.63) is 24.3 Å². The average molecular weight is 367 g/mol. The normalized spacial score (nSPS) is 25.3. The van der Waals surface area contributed by atoms with Gasteiger partial charge in [-0.3, -0.25) is 9.59 Å². The molecule has 0 N–H and O–H groups in total. The van der Waals surface area contributed by atoms with E-state index in [1.54, 1.807) is 4.68 Å². The summed E-state index contributed by atoms with van der Waals surface area (Å²) in [6, 6.07) is 7.99. The second-order valence-electron chi connectivity index (χ2n) is 8.21. The molecule has 4 aliphatic rings. The van der Waals surface area contributed by atoms with Crippen LogP contribution in [0, 0.1) is 11.8 Å². The van der Waals surface area contributed by atoms with Crippen LogP contribution in [0.1, 0.15) is 32.1 Å². The van der Waals surface area contributed by atoms with Gasteiger partial charge < -0.3 is 9.80 Å². The first kappa shape index (κ1) is 16.7. The number of hydrogen-bond donors (Lipinski definition) is 0. The molecule has 0 spiro atoms. The zero-order chi connectivity index (χ0) is 18.4. The zero-order valence-corrected chi connectivity index (χ0v) is 15.5. The maximum atomic E-state index is 12.9. The lowest BCUT2D eigenvalue weighted by molar-refractivity contribution is -0.140. The quantitative estimate of drug-likeness (QED) is 0.806. The van der Waals surface area contributed by atoms with Gasteiger partial charge in [0.05, 0.1) is 18.0 Å². The number of carbonyl (C=O) groups excluding carboxylic acids is 2. The summed E-state index contributed by atoms with van der Waals surface area (Å²) in [6.45, 7) is 2.68. The lowest BCUT2D eigenvalue weighted by Gasteiger charge is -2.36. The molecule has 4 heterocycles. The van der Waals surface area contributed by atoms with Crippen molar-refractivity contribution in [3.8, 4) is 0 Å². The summed E-state index contributed by atoms with van der Waals surface area (Å²) in [4.78, 5) is 29.7. The molecule has 2 amide bonds. The zero-order valence-electron chi connectivity index (χ0n) is 15.5. The number of aromatic nitrogens is 3. The maximum Gasteiger partial charge on any atom is 0.227 e. The fraction of sp³-hybridized carbons (Fsp3) is 0.600. The first-order chi connectivity index (χ1) is 13.2. The van der Waals surface area contributed by atoms with Gasteiger partial charge in [0, 0.05) is 32.1 Å². The van der Waals surface area contributed by atoms with Crippen LogP contribution in [0.5, 0.6) is 0 Å². The van der Waals surface area contributed by atoms with Crippen molar-refractivity contribution in [3.63, 3.8) is 0 Å². The minimum Gasteiger partial charge on any atom is -0.340 e. The number of piperidine rings is 1. The molecule has 3 aliphatic heterocycles. The predicted molar refractivity (Wildman–Crippen MR) is 99.7 cm³/mol. The van der Waals surface area contributed by atoms with Crippen LogP contribution >= 0.6 is 0 Å². The van der Waals surface area contributed by atoms with Crippen LogP contribution in [0.25, 0.3) is 11.0 Å². The molecule has 7 heteroatoms. The Morgan fingerprint density at radius 2 is 1.96 bits per heavy atom. The highest BCUT2D eigenvalue weighted by molar-refractivity contribution is 5.83. The van der Waals surface area contributed by atoms with Crippen molar-refractivity contribution < 1.29 is 9.59 Å². The van der Waals surface area contributed by atoms with Crippen LogP contribution in [0.4, 0.5) is 0 Å². The number of rotatable bonds is 5. The molecule has 2 aromatic rings. The van der Waals surface area contributed by atoms with E-state index in [0.29, 0.717) is 32.0 Å². The van der Waals surface area contributed by atoms with Gasteiger partial charge in [-0.2, -0.15) is 0 Å². The van der Waals surface area contributed by atoms with Crippen LogP contribution in [0.15, 0.2) is 24.3 Å². The predicted octanol–water partition coefficient (Wildman–Crippen LogP) is 1.68. The van der Waals surface area contributed by atoms with E-state index in [2.05, 4.69) is 15.2 Å². The van der Waals surface area contributed by atoms with E-state index in [1.165, 1.54) is 12.8 Å². The Hall–Kier alpha value is -2.44. The first-order valence-electron chi connectivity index (χ1n) is 10.1. The van der Waals surface area contributed by atoms with E-state index < -0.39 is 0 Å². The Kier molecular flexibility index (Phi) is 4.10. The number of aryl methyl sites for hydroxylation is 1. The Bertz CT molecular complexity index is 874. The van der Waals surface area contributed by atoms with Gasteiger partial charge in [0.25, 0.3) is 0 Å². The summed E-state index contributed by atoms with van der Waals surface area (Å²) in [6.07, 6.45) is 4.83. The van der Waals surface area contributed by atoms with Gasteiger partial charge in [0.2, 0.25) is 11.8 Å².